The second-order valence-electron chi connectivity index (χ2n) is 4.25. The quantitative estimate of drug-likeness (QED) is 0.688. The smallest absolute Gasteiger partial charge is 0.328 e. The summed E-state index contributed by atoms with van der Waals surface area (Å²) in [6, 6.07) is 0.783. The van der Waals surface area contributed by atoms with Crippen molar-refractivity contribution in [1.82, 2.24) is 5.32 Å². The Morgan fingerprint density at radius 3 is 2.50 bits per heavy atom. The Kier molecular flexibility index (Phi) is 8.11. The van der Waals surface area contributed by atoms with Crippen LogP contribution in [-0.4, -0.2) is 37.1 Å². The number of amides is 1. The molecule has 0 saturated carbocycles. The van der Waals surface area contributed by atoms with Crippen LogP contribution in [0.4, 0.5) is 0 Å². The fourth-order valence-electron chi connectivity index (χ4n) is 1.65. The molecule has 0 aromatic carbocycles. The minimum absolute atomic E-state index is 0.0335. The third-order valence-electron chi connectivity index (χ3n) is 2.61. The standard InChI is InChI=1S/C14H18BrNO5S/c1-3-20-12(17)6-5-10(14(19)21-4-2)16-13(18)11-7-9(15)8-22-11/h7-8,10H,3-6H2,1-2H3,(H,16,18). The zero-order valence-electron chi connectivity index (χ0n) is 12.4. The van der Waals surface area contributed by atoms with Crippen LogP contribution in [0.5, 0.6) is 0 Å². The molecule has 1 aromatic rings. The van der Waals surface area contributed by atoms with E-state index in [0.717, 1.165) is 4.47 Å². The molecule has 1 aromatic heterocycles. The molecule has 0 radical (unpaired) electrons. The number of rotatable bonds is 8. The summed E-state index contributed by atoms with van der Waals surface area (Å²) in [6.45, 7) is 3.86. The van der Waals surface area contributed by atoms with Gasteiger partial charge in [-0.15, -0.1) is 11.3 Å². The Morgan fingerprint density at radius 1 is 1.27 bits per heavy atom. The minimum Gasteiger partial charge on any atom is -0.466 e. The van der Waals surface area contributed by atoms with E-state index in [4.69, 9.17) is 9.47 Å². The minimum atomic E-state index is -0.877. The van der Waals surface area contributed by atoms with Gasteiger partial charge in [-0.3, -0.25) is 9.59 Å². The molecule has 0 aliphatic heterocycles. The fourth-order valence-corrected chi connectivity index (χ4v) is 2.98. The van der Waals surface area contributed by atoms with Gasteiger partial charge in [0, 0.05) is 16.3 Å². The highest BCUT2D eigenvalue weighted by Gasteiger charge is 2.24. The Bertz CT molecular complexity index is 531. The monoisotopic (exact) mass is 391 g/mol. The van der Waals surface area contributed by atoms with Crippen molar-refractivity contribution in [3.8, 4) is 0 Å². The number of ether oxygens (including phenoxy) is 2. The topological polar surface area (TPSA) is 81.7 Å². The molecule has 1 rings (SSSR count). The van der Waals surface area contributed by atoms with Gasteiger partial charge in [0.25, 0.3) is 5.91 Å². The molecule has 0 bridgehead atoms. The number of halogens is 1. The van der Waals surface area contributed by atoms with E-state index in [2.05, 4.69) is 21.2 Å². The van der Waals surface area contributed by atoms with Crippen molar-refractivity contribution in [2.75, 3.05) is 13.2 Å². The second kappa shape index (κ2) is 9.58. The van der Waals surface area contributed by atoms with Crippen molar-refractivity contribution in [3.05, 3.63) is 20.8 Å². The van der Waals surface area contributed by atoms with Crippen LogP contribution in [0.25, 0.3) is 0 Å². The first kappa shape index (κ1) is 18.6. The van der Waals surface area contributed by atoms with E-state index in [1.165, 1.54) is 11.3 Å². The molecule has 122 valence electrons. The lowest BCUT2D eigenvalue weighted by Crippen LogP contribution is -2.42. The molecule has 8 heteroatoms. The number of nitrogens with one attached hydrogen (secondary N) is 1. The number of esters is 2. The predicted molar refractivity (Wildman–Crippen MR) is 85.8 cm³/mol. The zero-order valence-corrected chi connectivity index (χ0v) is 14.8. The van der Waals surface area contributed by atoms with Gasteiger partial charge in [0.1, 0.15) is 6.04 Å². The Balaban J connectivity index is 2.66. The number of hydrogen-bond acceptors (Lipinski definition) is 6. The third kappa shape index (κ3) is 6.15. The summed E-state index contributed by atoms with van der Waals surface area (Å²) in [4.78, 5) is 35.9. The lowest BCUT2D eigenvalue weighted by Gasteiger charge is -2.16. The van der Waals surface area contributed by atoms with Crippen LogP contribution in [0.3, 0.4) is 0 Å². The predicted octanol–water partition coefficient (Wildman–Crippen LogP) is 2.52. The molecule has 0 fully saturated rings. The van der Waals surface area contributed by atoms with Crippen LogP contribution in [0.1, 0.15) is 36.4 Å². The Labute approximate surface area is 141 Å². The normalized spacial score (nSPS) is 11.6. The van der Waals surface area contributed by atoms with E-state index < -0.39 is 18.0 Å². The first-order valence-electron chi connectivity index (χ1n) is 6.85. The summed E-state index contributed by atoms with van der Waals surface area (Å²) in [7, 11) is 0. The number of thiophene rings is 1. The molecule has 6 nitrogen and oxygen atoms in total. The van der Waals surface area contributed by atoms with Crippen molar-refractivity contribution in [1.29, 1.82) is 0 Å². The first-order chi connectivity index (χ1) is 10.5. The highest BCUT2D eigenvalue weighted by molar-refractivity contribution is 9.10. The summed E-state index contributed by atoms with van der Waals surface area (Å²) in [6.07, 6.45) is 0.168. The number of carbonyl (C=O) groups is 3. The summed E-state index contributed by atoms with van der Waals surface area (Å²) in [5, 5.41) is 4.37. The van der Waals surface area contributed by atoms with E-state index in [9.17, 15) is 14.4 Å². The van der Waals surface area contributed by atoms with Crippen molar-refractivity contribution in [2.24, 2.45) is 0 Å². The van der Waals surface area contributed by atoms with Crippen molar-refractivity contribution in [3.63, 3.8) is 0 Å². The number of hydrogen-bond donors (Lipinski definition) is 1. The van der Waals surface area contributed by atoms with Crippen molar-refractivity contribution >= 4 is 45.1 Å². The van der Waals surface area contributed by atoms with E-state index in [-0.39, 0.29) is 32.0 Å². The highest BCUT2D eigenvalue weighted by atomic mass is 79.9. The van der Waals surface area contributed by atoms with Gasteiger partial charge in [0.05, 0.1) is 18.1 Å². The van der Waals surface area contributed by atoms with Gasteiger partial charge in [0.15, 0.2) is 0 Å². The molecule has 0 spiro atoms. The molecule has 1 amide bonds. The maximum absolute atomic E-state index is 12.1. The van der Waals surface area contributed by atoms with Gasteiger partial charge in [-0.25, -0.2) is 4.79 Å². The van der Waals surface area contributed by atoms with Crippen LogP contribution in [0, 0.1) is 0 Å². The highest BCUT2D eigenvalue weighted by Crippen LogP contribution is 2.19. The van der Waals surface area contributed by atoms with Gasteiger partial charge in [-0.1, -0.05) is 0 Å². The summed E-state index contributed by atoms with van der Waals surface area (Å²) in [5.41, 5.74) is 0. The average molecular weight is 392 g/mol. The summed E-state index contributed by atoms with van der Waals surface area (Å²) in [5.74, 6) is -1.35. The zero-order chi connectivity index (χ0) is 16.5. The van der Waals surface area contributed by atoms with Gasteiger partial charge in [-0.05, 0) is 42.3 Å². The van der Waals surface area contributed by atoms with Gasteiger partial charge < -0.3 is 14.8 Å². The Hall–Kier alpha value is -1.41. The fraction of sp³-hybridized carbons (Fsp3) is 0.500. The largest absolute Gasteiger partial charge is 0.466 e. The van der Waals surface area contributed by atoms with Crippen LogP contribution in [-0.2, 0) is 19.1 Å². The molecule has 22 heavy (non-hydrogen) atoms. The van der Waals surface area contributed by atoms with Crippen LogP contribution in [0.15, 0.2) is 15.9 Å². The van der Waals surface area contributed by atoms with Crippen LogP contribution >= 0.6 is 27.3 Å². The lowest BCUT2D eigenvalue weighted by atomic mass is 10.1. The summed E-state index contributed by atoms with van der Waals surface area (Å²) >= 11 is 4.52. The van der Waals surface area contributed by atoms with Crippen molar-refractivity contribution < 1.29 is 23.9 Å². The van der Waals surface area contributed by atoms with Gasteiger partial charge >= 0.3 is 11.9 Å². The Morgan fingerprint density at radius 2 is 1.95 bits per heavy atom. The van der Waals surface area contributed by atoms with Crippen molar-refractivity contribution in [2.45, 2.75) is 32.7 Å². The second-order valence-corrected chi connectivity index (χ2v) is 6.08. The maximum atomic E-state index is 12.1. The van der Waals surface area contributed by atoms with Gasteiger partial charge in [0.2, 0.25) is 0 Å². The molecular weight excluding hydrogens is 374 g/mol. The average Bonchev–Trinajstić information content (AvgIpc) is 2.90. The molecule has 1 heterocycles. The van der Waals surface area contributed by atoms with E-state index >= 15 is 0 Å². The van der Waals surface area contributed by atoms with E-state index in [1.54, 1.807) is 25.3 Å². The SMILES string of the molecule is CCOC(=O)CCC(NC(=O)c1cc(Br)cs1)C(=O)OCC. The molecule has 1 atom stereocenters. The molecule has 1 N–H and O–H groups in total. The molecule has 1 unspecified atom stereocenters. The molecular formula is C14H18BrNO5S. The third-order valence-corrected chi connectivity index (χ3v) is 4.30. The maximum Gasteiger partial charge on any atom is 0.328 e. The summed E-state index contributed by atoms with van der Waals surface area (Å²) < 4.78 is 10.5. The lowest BCUT2D eigenvalue weighted by molar-refractivity contribution is -0.146. The molecule has 0 aliphatic carbocycles. The molecule has 0 aliphatic rings. The van der Waals surface area contributed by atoms with E-state index in [1.807, 2.05) is 0 Å². The van der Waals surface area contributed by atoms with Crippen LogP contribution in [0.2, 0.25) is 0 Å². The van der Waals surface area contributed by atoms with Gasteiger partial charge in [-0.2, -0.15) is 0 Å². The van der Waals surface area contributed by atoms with Crippen LogP contribution < -0.4 is 5.32 Å². The number of carbonyl (C=O) groups excluding carboxylic acids is 3. The molecule has 0 saturated heterocycles. The first-order valence-corrected chi connectivity index (χ1v) is 8.52. The van der Waals surface area contributed by atoms with E-state index in [0.29, 0.717) is 4.88 Å².